The molecule has 100 valence electrons. The number of anilines is 1. The number of nitrogens with one attached hydrogen (secondary N) is 1. The van der Waals surface area contributed by atoms with Gasteiger partial charge in [-0.15, -0.1) is 0 Å². The normalized spacial score (nSPS) is 18.3. The van der Waals surface area contributed by atoms with Gasteiger partial charge in [-0.3, -0.25) is 0 Å². The maximum absolute atomic E-state index is 6.03. The predicted octanol–water partition coefficient (Wildman–Crippen LogP) is 4.39. The maximum Gasteiger partial charge on any atom is 0.0501 e. The molecule has 1 aromatic rings. The highest BCUT2D eigenvalue weighted by Crippen LogP contribution is 2.28. The van der Waals surface area contributed by atoms with Crippen LogP contribution in [0.4, 0.5) is 5.69 Å². The van der Waals surface area contributed by atoms with Gasteiger partial charge in [-0.1, -0.05) is 11.6 Å². The van der Waals surface area contributed by atoms with Gasteiger partial charge in [-0.25, -0.2) is 0 Å². The SMILES string of the molecule is CC(C)N1CCC(Nc2cc(Cl)ccc2Br)CC1. The Morgan fingerprint density at radius 2 is 2.00 bits per heavy atom. The lowest BCUT2D eigenvalue weighted by Gasteiger charge is -2.35. The molecule has 1 aromatic carbocycles. The van der Waals surface area contributed by atoms with Crippen LogP contribution >= 0.6 is 27.5 Å². The monoisotopic (exact) mass is 330 g/mol. The minimum Gasteiger partial charge on any atom is -0.381 e. The van der Waals surface area contributed by atoms with Crippen LogP contribution < -0.4 is 5.32 Å². The lowest BCUT2D eigenvalue weighted by Crippen LogP contribution is -2.42. The van der Waals surface area contributed by atoms with Crippen LogP contribution in [0.5, 0.6) is 0 Å². The number of hydrogen-bond acceptors (Lipinski definition) is 2. The first-order valence-electron chi connectivity index (χ1n) is 6.52. The van der Waals surface area contributed by atoms with Gasteiger partial charge in [0, 0.05) is 34.7 Å². The van der Waals surface area contributed by atoms with Crippen molar-refractivity contribution >= 4 is 33.2 Å². The zero-order chi connectivity index (χ0) is 13.1. The molecule has 1 saturated heterocycles. The summed E-state index contributed by atoms with van der Waals surface area (Å²) in [4.78, 5) is 2.53. The molecule has 0 atom stereocenters. The highest BCUT2D eigenvalue weighted by Gasteiger charge is 2.21. The van der Waals surface area contributed by atoms with Gasteiger partial charge < -0.3 is 10.2 Å². The number of hydrogen-bond donors (Lipinski definition) is 1. The van der Waals surface area contributed by atoms with E-state index in [0.717, 1.165) is 15.2 Å². The van der Waals surface area contributed by atoms with Gasteiger partial charge in [-0.05, 0) is 60.8 Å². The molecule has 1 heterocycles. The molecule has 0 unspecified atom stereocenters. The summed E-state index contributed by atoms with van der Waals surface area (Å²) in [6.45, 7) is 6.88. The molecule has 0 spiro atoms. The average molecular weight is 332 g/mol. The van der Waals surface area contributed by atoms with Crippen molar-refractivity contribution in [3.8, 4) is 0 Å². The molecule has 0 bridgehead atoms. The molecule has 18 heavy (non-hydrogen) atoms. The lowest BCUT2D eigenvalue weighted by atomic mass is 10.0. The van der Waals surface area contributed by atoms with Crippen molar-refractivity contribution in [1.29, 1.82) is 0 Å². The van der Waals surface area contributed by atoms with Crippen LogP contribution in [-0.2, 0) is 0 Å². The summed E-state index contributed by atoms with van der Waals surface area (Å²) in [6.07, 6.45) is 2.38. The number of nitrogens with zero attached hydrogens (tertiary/aromatic N) is 1. The average Bonchev–Trinajstić information content (AvgIpc) is 2.34. The minimum atomic E-state index is 0.551. The summed E-state index contributed by atoms with van der Waals surface area (Å²) in [6, 6.07) is 7.09. The van der Waals surface area contributed by atoms with Gasteiger partial charge >= 0.3 is 0 Å². The first-order chi connectivity index (χ1) is 8.56. The molecular weight excluding hydrogens is 312 g/mol. The number of rotatable bonds is 3. The molecule has 4 heteroatoms. The number of halogens is 2. The van der Waals surface area contributed by atoms with Gasteiger partial charge in [0.15, 0.2) is 0 Å². The Kier molecular flexibility index (Phi) is 4.93. The molecular formula is C14H20BrClN2. The van der Waals surface area contributed by atoms with Crippen molar-refractivity contribution in [2.45, 2.75) is 38.8 Å². The third-order valence-electron chi connectivity index (χ3n) is 3.55. The van der Waals surface area contributed by atoms with E-state index in [2.05, 4.69) is 40.0 Å². The first kappa shape index (κ1) is 14.2. The second-order valence-corrected chi connectivity index (χ2v) is 6.46. The lowest BCUT2D eigenvalue weighted by molar-refractivity contribution is 0.177. The van der Waals surface area contributed by atoms with E-state index in [1.165, 1.54) is 25.9 Å². The molecule has 0 amide bonds. The Morgan fingerprint density at radius 1 is 1.33 bits per heavy atom. The predicted molar refractivity (Wildman–Crippen MR) is 82.5 cm³/mol. The van der Waals surface area contributed by atoms with E-state index in [1.54, 1.807) is 0 Å². The number of piperidine rings is 1. The second-order valence-electron chi connectivity index (χ2n) is 5.17. The molecule has 0 saturated carbocycles. The van der Waals surface area contributed by atoms with E-state index in [9.17, 15) is 0 Å². The Labute approximate surface area is 123 Å². The van der Waals surface area contributed by atoms with Crippen molar-refractivity contribution in [1.82, 2.24) is 4.90 Å². The molecule has 2 nitrogen and oxygen atoms in total. The Morgan fingerprint density at radius 3 is 2.61 bits per heavy atom. The maximum atomic E-state index is 6.03. The van der Waals surface area contributed by atoms with Crippen LogP contribution in [0, 0.1) is 0 Å². The van der Waals surface area contributed by atoms with Crippen LogP contribution in [0.2, 0.25) is 5.02 Å². The van der Waals surface area contributed by atoms with Crippen LogP contribution in [0.25, 0.3) is 0 Å². The van der Waals surface area contributed by atoms with E-state index < -0.39 is 0 Å². The highest BCUT2D eigenvalue weighted by atomic mass is 79.9. The quantitative estimate of drug-likeness (QED) is 0.884. The summed E-state index contributed by atoms with van der Waals surface area (Å²) >= 11 is 9.59. The van der Waals surface area contributed by atoms with E-state index in [1.807, 2.05) is 18.2 Å². The first-order valence-corrected chi connectivity index (χ1v) is 7.69. The molecule has 1 aliphatic rings. The van der Waals surface area contributed by atoms with E-state index in [4.69, 9.17) is 11.6 Å². The third-order valence-corrected chi connectivity index (χ3v) is 4.47. The summed E-state index contributed by atoms with van der Waals surface area (Å²) < 4.78 is 1.08. The fourth-order valence-corrected chi connectivity index (χ4v) is 2.92. The summed E-state index contributed by atoms with van der Waals surface area (Å²) in [5.74, 6) is 0. The Hall–Kier alpha value is -0.250. The zero-order valence-corrected chi connectivity index (χ0v) is 13.3. The molecule has 0 radical (unpaired) electrons. The zero-order valence-electron chi connectivity index (χ0n) is 10.9. The van der Waals surface area contributed by atoms with Gasteiger partial charge in [0.05, 0.1) is 5.69 Å². The Balaban J connectivity index is 1.93. The van der Waals surface area contributed by atoms with Crippen molar-refractivity contribution in [3.63, 3.8) is 0 Å². The smallest absolute Gasteiger partial charge is 0.0501 e. The van der Waals surface area contributed by atoms with Gasteiger partial charge in [0.25, 0.3) is 0 Å². The van der Waals surface area contributed by atoms with Gasteiger partial charge in [0.2, 0.25) is 0 Å². The van der Waals surface area contributed by atoms with Crippen LogP contribution in [0.3, 0.4) is 0 Å². The second kappa shape index (κ2) is 6.27. The fraction of sp³-hybridized carbons (Fsp3) is 0.571. The standard InChI is InChI=1S/C14H20BrClN2/c1-10(2)18-7-5-12(6-8-18)17-14-9-11(16)3-4-13(14)15/h3-4,9-10,12,17H,5-8H2,1-2H3. The van der Waals surface area contributed by atoms with E-state index in [-0.39, 0.29) is 0 Å². The van der Waals surface area contributed by atoms with Crippen molar-refractivity contribution in [2.75, 3.05) is 18.4 Å². The fourth-order valence-electron chi connectivity index (χ4n) is 2.39. The topological polar surface area (TPSA) is 15.3 Å². The van der Waals surface area contributed by atoms with Crippen molar-refractivity contribution < 1.29 is 0 Å². The minimum absolute atomic E-state index is 0.551. The molecule has 1 fully saturated rings. The summed E-state index contributed by atoms with van der Waals surface area (Å²) in [7, 11) is 0. The third kappa shape index (κ3) is 3.62. The van der Waals surface area contributed by atoms with Crippen molar-refractivity contribution in [2.24, 2.45) is 0 Å². The molecule has 0 aromatic heterocycles. The highest BCUT2D eigenvalue weighted by molar-refractivity contribution is 9.10. The molecule has 2 rings (SSSR count). The largest absolute Gasteiger partial charge is 0.381 e. The molecule has 0 aliphatic carbocycles. The van der Waals surface area contributed by atoms with Crippen LogP contribution in [0.1, 0.15) is 26.7 Å². The number of likely N-dealkylation sites (tertiary alicyclic amines) is 1. The molecule has 1 N–H and O–H groups in total. The Bertz CT molecular complexity index is 401. The van der Waals surface area contributed by atoms with Crippen LogP contribution in [0.15, 0.2) is 22.7 Å². The van der Waals surface area contributed by atoms with E-state index in [0.29, 0.717) is 12.1 Å². The molecule has 1 aliphatic heterocycles. The van der Waals surface area contributed by atoms with E-state index >= 15 is 0 Å². The number of benzene rings is 1. The van der Waals surface area contributed by atoms with Gasteiger partial charge in [0.1, 0.15) is 0 Å². The van der Waals surface area contributed by atoms with Crippen molar-refractivity contribution in [3.05, 3.63) is 27.7 Å². The summed E-state index contributed by atoms with van der Waals surface area (Å²) in [5, 5.41) is 4.37. The van der Waals surface area contributed by atoms with Crippen LogP contribution in [-0.4, -0.2) is 30.1 Å². The summed E-state index contributed by atoms with van der Waals surface area (Å²) in [5.41, 5.74) is 1.10. The van der Waals surface area contributed by atoms with Gasteiger partial charge in [-0.2, -0.15) is 0 Å².